The molecule has 112 valence electrons. The van der Waals surface area contributed by atoms with E-state index in [-0.39, 0.29) is 10.8 Å². The summed E-state index contributed by atoms with van der Waals surface area (Å²) in [6, 6.07) is 9.64. The number of nitrogens with zero attached hydrogens (tertiary/aromatic N) is 2. The Balaban J connectivity index is 2.09. The van der Waals surface area contributed by atoms with Crippen molar-refractivity contribution in [2.24, 2.45) is 10.7 Å². The maximum Gasteiger partial charge on any atom is 0.283 e. The van der Waals surface area contributed by atoms with Gasteiger partial charge in [0.1, 0.15) is 23.0 Å². The third kappa shape index (κ3) is 1.84. The van der Waals surface area contributed by atoms with Gasteiger partial charge < -0.3 is 15.2 Å². The van der Waals surface area contributed by atoms with Crippen molar-refractivity contribution in [3.8, 4) is 11.5 Å². The molecule has 4 rings (SSSR count). The van der Waals surface area contributed by atoms with Gasteiger partial charge >= 0.3 is 0 Å². The van der Waals surface area contributed by atoms with Crippen LogP contribution in [0, 0.1) is 0 Å². The molecule has 0 amide bonds. The minimum absolute atomic E-state index is 0.116. The van der Waals surface area contributed by atoms with E-state index in [0.717, 1.165) is 16.9 Å². The molecule has 0 radical (unpaired) electrons. The highest BCUT2D eigenvalue weighted by Crippen LogP contribution is 2.53. The van der Waals surface area contributed by atoms with E-state index in [1.165, 1.54) is 0 Å². The average molecular weight is 381 g/mol. The fourth-order valence-electron chi connectivity index (χ4n) is 2.94. The summed E-state index contributed by atoms with van der Waals surface area (Å²) in [5, 5.41) is 0.376. The highest BCUT2D eigenvalue weighted by molar-refractivity contribution is 9.09. The van der Waals surface area contributed by atoms with Gasteiger partial charge in [0.25, 0.3) is 6.02 Å². The molecule has 1 aromatic heterocycles. The average Bonchev–Trinajstić information content (AvgIpc) is 2.52. The molecule has 1 aromatic carbocycles. The zero-order chi connectivity index (χ0) is 15.3. The van der Waals surface area contributed by atoms with Crippen LogP contribution in [-0.2, 0) is 10.3 Å². The lowest BCUT2D eigenvalue weighted by Crippen LogP contribution is -2.46. The molecule has 2 N–H and O–H groups in total. The molecule has 0 bridgehead atoms. The normalized spacial score (nSPS) is 25.5. The van der Waals surface area contributed by atoms with Crippen LogP contribution in [0.4, 0.5) is 0 Å². The third-order valence-electron chi connectivity index (χ3n) is 3.88. The van der Waals surface area contributed by atoms with Crippen LogP contribution in [0.5, 0.6) is 11.5 Å². The van der Waals surface area contributed by atoms with Gasteiger partial charge in [-0.3, -0.25) is 0 Å². The fraction of sp³-hybridized carbons (Fsp3) is 0.200. The summed E-state index contributed by atoms with van der Waals surface area (Å²) in [5.74, 6) is 1.34. The first kappa shape index (κ1) is 13.8. The second-order valence-electron chi connectivity index (χ2n) is 5.10. The highest BCUT2D eigenvalue weighted by Gasteiger charge is 2.50. The second kappa shape index (κ2) is 4.86. The van der Waals surface area contributed by atoms with Crippen LogP contribution in [0.15, 0.2) is 41.5 Å². The Bertz CT molecular complexity index is 798. The van der Waals surface area contributed by atoms with Gasteiger partial charge in [0.15, 0.2) is 5.75 Å². The SMILES string of the molecule is NC1=NC2(c3ccccc3Oc3cnc(Cl)cc32)C(Br)CO1. The van der Waals surface area contributed by atoms with E-state index in [0.29, 0.717) is 17.5 Å². The first-order chi connectivity index (χ1) is 10.6. The molecule has 5 nitrogen and oxygen atoms in total. The van der Waals surface area contributed by atoms with E-state index in [1.54, 1.807) is 12.3 Å². The number of hydrogen-bond donors (Lipinski definition) is 1. The second-order valence-corrected chi connectivity index (χ2v) is 6.59. The molecular weight excluding hydrogens is 370 g/mol. The Morgan fingerprint density at radius 2 is 2.09 bits per heavy atom. The molecule has 0 fully saturated rings. The number of amidine groups is 1. The van der Waals surface area contributed by atoms with Crippen molar-refractivity contribution < 1.29 is 9.47 Å². The number of benzene rings is 1. The van der Waals surface area contributed by atoms with Gasteiger partial charge in [-0.15, -0.1) is 0 Å². The van der Waals surface area contributed by atoms with E-state index >= 15 is 0 Å². The Morgan fingerprint density at radius 1 is 1.27 bits per heavy atom. The van der Waals surface area contributed by atoms with Gasteiger partial charge in [-0.25, -0.2) is 9.98 Å². The first-order valence-electron chi connectivity index (χ1n) is 6.67. The largest absolute Gasteiger partial charge is 0.464 e. The molecular formula is C15H11BrClN3O2. The summed E-state index contributed by atoms with van der Waals surface area (Å²) >= 11 is 9.79. The van der Waals surface area contributed by atoms with Gasteiger partial charge in [0.05, 0.1) is 11.0 Å². The molecule has 2 aliphatic rings. The number of hydrogen-bond acceptors (Lipinski definition) is 5. The van der Waals surface area contributed by atoms with Crippen molar-refractivity contribution in [2.75, 3.05) is 6.61 Å². The Morgan fingerprint density at radius 3 is 2.95 bits per heavy atom. The molecule has 2 aromatic rings. The van der Waals surface area contributed by atoms with Crippen LogP contribution < -0.4 is 10.5 Å². The van der Waals surface area contributed by atoms with Crippen molar-refractivity contribution in [2.45, 2.75) is 10.4 Å². The van der Waals surface area contributed by atoms with Gasteiger partial charge in [0, 0.05) is 11.1 Å². The van der Waals surface area contributed by atoms with E-state index in [2.05, 4.69) is 25.9 Å². The molecule has 2 unspecified atom stereocenters. The third-order valence-corrected chi connectivity index (χ3v) is 5.01. The summed E-state index contributed by atoms with van der Waals surface area (Å²) in [6.45, 7) is 0.392. The van der Waals surface area contributed by atoms with Crippen molar-refractivity contribution in [3.05, 3.63) is 52.8 Å². The minimum atomic E-state index is -0.751. The fourth-order valence-corrected chi connectivity index (χ4v) is 3.83. The van der Waals surface area contributed by atoms with Crippen LogP contribution in [0.3, 0.4) is 0 Å². The number of pyridine rings is 1. The summed E-state index contributed by atoms with van der Waals surface area (Å²) in [4.78, 5) is 8.62. The van der Waals surface area contributed by atoms with Crippen LogP contribution >= 0.6 is 27.5 Å². The lowest BCUT2D eigenvalue weighted by Gasteiger charge is -2.42. The van der Waals surface area contributed by atoms with Crippen LogP contribution in [0.1, 0.15) is 11.1 Å². The predicted octanol–water partition coefficient (Wildman–Crippen LogP) is 3.19. The number of nitrogens with two attached hydrogens (primary N) is 1. The number of aliphatic imine (C=N–C) groups is 1. The lowest BCUT2D eigenvalue weighted by atomic mass is 9.78. The van der Waals surface area contributed by atoms with Gasteiger partial charge in [0.2, 0.25) is 0 Å². The summed E-state index contributed by atoms with van der Waals surface area (Å²) < 4.78 is 11.3. The van der Waals surface area contributed by atoms with Crippen molar-refractivity contribution >= 4 is 33.6 Å². The predicted molar refractivity (Wildman–Crippen MR) is 86.8 cm³/mol. The number of para-hydroxylation sites is 1. The number of halogens is 2. The zero-order valence-corrected chi connectivity index (χ0v) is 13.6. The number of fused-ring (bicyclic) bond motifs is 4. The summed E-state index contributed by atoms with van der Waals surface area (Å²) in [6.07, 6.45) is 1.61. The Kier molecular flexibility index (Phi) is 3.06. The van der Waals surface area contributed by atoms with Crippen LogP contribution in [-0.4, -0.2) is 22.4 Å². The number of alkyl halides is 1. The molecule has 7 heteroatoms. The molecule has 3 heterocycles. The molecule has 0 aliphatic carbocycles. The quantitative estimate of drug-likeness (QED) is 0.563. The molecule has 1 spiro atoms. The lowest BCUT2D eigenvalue weighted by molar-refractivity contribution is 0.230. The maximum atomic E-state index is 6.10. The van der Waals surface area contributed by atoms with Gasteiger partial charge in [-0.05, 0) is 12.1 Å². The molecule has 22 heavy (non-hydrogen) atoms. The van der Waals surface area contributed by atoms with E-state index in [9.17, 15) is 0 Å². The monoisotopic (exact) mass is 379 g/mol. The van der Waals surface area contributed by atoms with E-state index in [1.807, 2.05) is 24.3 Å². The number of ether oxygens (including phenoxy) is 2. The Hall–Kier alpha value is -1.79. The molecule has 2 aliphatic heterocycles. The summed E-state index contributed by atoms with van der Waals surface area (Å²) in [5.41, 5.74) is 6.85. The van der Waals surface area contributed by atoms with Crippen molar-refractivity contribution in [1.29, 1.82) is 0 Å². The number of rotatable bonds is 0. The van der Waals surface area contributed by atoms with Gasteiger partial charge in [-0.1, -0.05) is 45.7 Å². The van der Waals surface area contributed by atoms with E-state index in [4.69, 9.17) is 26.8 Å². The summed E-state index contributed by atoms with van der Waals surface area (Å²) in [7, 11) is 0. The smallest absolute Gasteiger partial charge is 0.283 e. The maximum absolute atomic E-state index is 6.10. The van der Waals surface area contributed by atoms with Crippen LogP contribution in [0.2, 0.25) is 5.15 Å². The molecule has 2 atom stereocenters. The topological polar surface area (TPSA) is 69.7 Å². The highest BCUT2D eigenvalue weighted by atomic mass is 79.9. The van der Waals surface area contributed by atoms with E-state index < -0.39 is 5.54 Å². The number of aromatic nitrogens is 1. The van der Waals surface area contributed by atoms with Gasteiger partial charge in [-0.2, -0.15) is 0 Å². The standard InChI is InChI=1S/C15H11BrClN3O2/c16-12-7-21-14(18)20-15(12)8-3-1-2-4-10(8)22-11-6-19-13(17)5-9(11)15/h1-6,12H,7H2,(H2,18,20). The Labute approximate surface area is 140 Å². The van der Waals surface area contributed by atoms with Crippen LogP contribution in [0.25, 0.3) is 0 Å². The minimum Gasteiger partial charge on any atom is -0.464 e. The zero-order valence-electron chi connectivity index (χ0n) is 11.3. The first-order valence-corrected chi connectivity index (χ1v) is 7.96. The molecule has 0 saturated heterocycles. The van der Waals surface area contributed by atoms with Crippen molar-refractivity contribution in [1.82, 2.24) is 4.98 Å². The molecule has 0 saturated carbocycles. The van der Waals surface area contributed by atoms with Crippen molar-refractivity contribution in [3.63, 3.8) is 0 Å².